The molecule has 10 nitrogen and oxygen atoms in total. The Labute approximate surface area is 196 Å². The Bertz CT molecular complexity index is 1130. The van der Waals surface area contributed by atoms with Gasteiger partial charge in [0.15, 0.2) is 18.2 Å². The van der Waals surface area contributed by atoms with E-state index in [4.69, 9.17) is 15.2 Å². The number of aryl methyl sites for hydroxylation is 1. The molecule has 34 heavy (non-hydrogen) atoms. The number of carbonyl (C=O) groups is 2. The second kappa shape index (κ2) is 8.48. The van der Waals surface area contributed by atoms with E-state index in [0.29, 0.717) is 31.0 Å². The van der Waals surface area contributed by atoms with Crippen molar-refractivity contribution in [2.24, 2.45) is 5.73 Å². The zero-order valence-electron chi connectivity index (χ0n) is 19.1. The number of rotatable bonds is 6. The van der Waals surface area contributed by atoms with Crippen molar-refractivity contribution in [3.8, 4) is 5.75 Å². The number of nitrogens with two attached hydrogens (primary N) is 1. The SMILES string of the molecule is Cc1ncc(F)c2c1CC(N(C)CCC1(CN)CN(c3ccc4c(n3)NC(=O)CO4)C(=O)O1)C2. The Kier molecular flexibility index (Phi) is 5.61. The average Bonchev–Trinajstić information content (AvgIpc) is 3.43. The number of aromatic nitrogens is 2. The van der Waals surface area contributed by atoms with Crippen molar-refractivity contribution < 1.29 is 23.5 Å². The van der Waals surface area contributed by atoms with Crippen molar-refractivity contribution in [1.29, 1.82) is 0 Å². The van der Waals surface area contributed by atoms with Gasteiger partial charge in [0.2, 0.25) is 0 Å². The molecule has 1 aliphatic carbocycles. The molecular formula is C23H27FN6O4. The number of likely N-dealkylation sites (N-methyl/N-ethyl adjacent to an activating group) is 1. The summed E-state index contributed by atoms with van der Waals surface area (Å²) in [4.78, 5) is 36.4. The lowest BCUT2D eigenvalue weighted by molar-refractivity contribution is -0.118. The molecular weight excluding hydrogens is 443 g/mol. The van der Waals surface area contributed by atoms with Gasteiger partial charge >= 0.3 is 6.09 Å². The van der Waals surface area contributed by atoms with E-state index in [0.717, 1.165) is 23.2 Å². The molecule has 2 amide bonds. The molecule has 2 aliphatic heterocycles. The number of ether oxygens (including phenoxy) is 2. The maximum absolute atomic E-state index is 14.2. The first-order valence-electron chi connectivity index (χ1n) is 11.3. The number of cyclic esters (lactones) is 1. The molecule has 0 aromatic carbocycles. The smallest absolute Gasteiger partial charge is 0.416 e. The number of hydrogen-bond donors (Lipinski definition) is 2. The van der Waals surface area contributed by atoms with E-state index in [1.165, 1.54) is 11.1 Å². The molecule has 2 aromatic rings. The second-order valence-corrected chi connectivity index (χ2v) is 9.14. The van der Waals surface area contributed by atoms with Gasteiger partial charge in [0.1, 0.15) is 17.2 Å². The fourth-order valence-electron chi connectivity index (χ4n) is 4.82. The highest BCUT2D eigenvalue weighted by atomic mass is 19.1. The van der Waals surface area contributed by atoms with Gasteiger partial charge in [-0.05, 0) is 50.1 Å². The molecule has 0 saturated carbocycles. The van der Waals surface area contributed by atoms with Gasteiger partial charge in [-0.25, -0.2) is 14.2 Å². The molecule has 0 bridgehead atoms. The topological polar surface area (TPSA) is 123 Å². The third kappa shape index (κ3) is 3.94. The molecule has 2 atom stereocenters. The highest BCUT2D eigenvalue weighted by Crippen LogP contribution is 2.34. The first-order valence-corrected chi connectivity index (χ1v) is 11.3. The van der Waals surface area contributed by atoms with Gasteiger partial charge in [0.05, 0.1) is 12.7 Å². The number of nitrogens with one attached hydrogen (secondary N) is 1. The number of nitrogens with zero attached hydrogens (tertiary/aromatic N) is 4. The van der Waals surface area contributed by atoms with Gasteiger partial charge in [-0.1, -0.05) is 0 Å². The first-order chi connectivity index (χ1) is 16.3. The first kappa shape index (κ1) is 22.5. The fourth-order valence-corrected chi connectivity index (χ4v) is 4.82. The Hall–Kier alpha value is -3.31. The van der Waals surface area contributed by atoms with Crippen LogP contribution in [-0.4, -0.2) is 71.8 Å². The maximum Gasteiger partial charge on any atom is 0.416 e. The van der Waals surface area contributed by atoms with Crippen molar-refractivity contribution in [2.45, 2.75) is 37.8 Å². The molecule has 11 heteroatoms. The summed E-state index contributed by atoms with van der Waals surface area (Å²) in [7, 11) is 1.99. The third-order valence-corrected chi connectivity index (χ3v) is 6.96. The van der Waals surface area contributed by atoms with Crippen LogP contribution >= 0.6 is 0 Å². The number of anilines is 2. The molecule has 0 radical (unpaired) electrons. The van der Waals surface area contributed by atoms with Gasteiger partial charge in [0.25, 0.3) is 5.91 Å². The van der Waals surface area contributed by atoms with E-state index < -0.39 is 11.7 Å². The lowest BCUT2D eigenvalue weighted by atomic mass is 9.99. The summed E-state index contributed by atoms with van der Waals surface area (Å²) in [6, 6.07) is 3.45. The highest BCUT2D eigenvalue weighted by Gasteiger charge is 2.46. The monoisotopic (exact) mass is 470 g/mol. The Balaban J connectivity index is 1.26. The summed E-state index contributed by atoms with van der Waals surface area (Å²) in [5.41, 5.74) is 7.79. The van der Waals surface area contributed by atoms with Crippen LogP contribution in [0.3, 0.4) is 0 Å². The van der Waals surface area contributed by atoms with Crippen LogP contribution in [0.4, 0.5) is 20.8 Å². The molecule has 5 rings (SSSR count). The van der Waals surface area contributed by atoms with Crippen LogP contribution in [0.25, 0.3) is 0 Å². The third-order valence-electron chi connectivity index (χ3n) is 6.96. The number of hydrogen-bond acceptors (Lipinski definition) is 8. The summed E-state index contributed by atoms with van der Waals surface area (Å²) in [5, 5.41) is 2.64. The van der Waals surface area contributed by atoms with Gasteiger partial charge in [0, 0.05) is 31.2 Å². The molecule has 1 saturated heterocycles. The van der Waals surface area contributed by atoms with Crippen LogP contribution in [0.2, 0.25) is 0 Å². The number of carbonyl (C=O) groups excluding carboxylic acids is 2. The minimum atomic E-state index is -0.878. The van der Waals surface area contributed by atoms with E-state index in [-0.39, 0.29) is 43.3 Å². The van der Waals surface area contributed by atoms with Gasteiger partial charge in [-0.2, -0.15) is 0 Å². The molecule has 0 spiro atoms. The second-order valence-electron chi connectivity index (χ2n) is 9.14. The standard InChI is InChI=1S/C23H27FN6O4/c1-13-15-7-14(8-16(15)17(24)9-26-13)29(2)6-5-23(11-25)12-30(22(32)34-23)19-4-3-18-21(27-19)28-20(31)10-33-18/h3-4,9,14H,5-8,10-12,25H2,1-2H3,(H,27,28,31). The zero-order chi connectivity index (χ0) is 24.0. The summed E-state index contributed by atoms with van der Waals surface area (Å²) in [6.07, 6.45) is 2.62. The number of fused-ring (bicyclic) bond motifs is 2. The lowest BCUT2D eigenvalue weighted by Gasteiger charge is -2.30. The minimum absolute atomic E-state index is 0.0710. The van der Waals surface area contributed by atoms with Crippen LogP contribution < -0.4 is 20.7 Å². The van der Waals surface area contributed by atoms with E-state index >= 15 is 0 Å². The molecule has 2 unspecified atom stereocenters. The van der Waals surface area contributed by atoms with Crippen LogP contribution in [-0.2, 0) is 22.4 Å². The van der Waals surface area contributed by atoms with Crippen molar-refractivity contribution in [1.82, 2.24) is 14.9 Å². The van der Waals surface area contributed by atoms with Crippen molar-refractivity contribution in [2.75, 3.05) is 43.5 Å². The fraction of sp³-hybridized carbons (Fsp3) is 0.478. The van der Waals surface area contributed by atoms with Crippen molar-refractivity contribution in [3.63, 3.8) is 0 Å². The molecule has 4 heterocycles. The molecule has 2 aromatic heterocycles. The van der Waals surface area contributed by atoms with Crippen LogP contribution in [0, 0.1) is 12.7 Å². The van der Waals surface area contributed by atoms with Gasteiger partial charge in [-0.15, -0.1) is 0 Å². The Morgan fingerprint density at radius 1 is 1.32 bits per heavy atom. The van der Waals surface area contributed by atoms with Gasteiger partial charge < -0.3 is 25.4 Å². The lowest BCUT2D eigenvalue weighted by Crippen LogP contribution is -2.46. The Morgan fingerprint density at radius 2 is 2.12 bits per heavy atom. The van der Waals surface area contributed by atoms with Crippen LogP contribution in [0.1, 0.15) is 23.2 Å². The quantitative estimate of drug-likeness (QED) is 0.650. The van der Waals surface area contributed by atoms with Crippen LogP contribution in [0.15, 0.2) is 18.3 Å². The summed E-state index contributed by atoms with van der Waals surface area (Å²) < 4.78 is 25.3. The molecule has 1 fully saturated rings. The minimum Gasteiger partial charge on any atom is -0.480 e. The van der Waals surface area contributed by atoms with Gasteiger partial charge in [-0.3, -0.25) is 14.7 Å². The predicted molar refractivity (Wildman–Crippen MR) is 121 cm³/mol. The van der Waals surface area contributed by atoms with E-state index in [1.54, 1.807) is 12.1 Å². The normalized spacial score (nSPS) is 23.4. The van der Waals surface area contributed by atoms with E-state index in [1.807, 2.05) is 14.0 Å². The molecule has 180 valence electrons. The van der Waals surface area contributed by atoms with Crippen LogP contribution in [0.5, 0.6) is 5.75 Å². The largest absolute Gasteiger partial charge is 0.480 e. The number of halogens is 1. The summed E-state index contributed by atoms with van der Waals surface area (Å²) in [5.74, 6) is 0.504. The Morgan fingerprint density at radius 3 is 2.88 bits per heavy atom. The number of amides is 2. The highest BCUT2D eigenvalue weighted by molar-refractivity contribution is 5.95. The van der Waals surface area contributed by atoms with Crippen molar-refractivity contribution in [3.05, 3.63) is 41.0 Å². The van der Waals surface area contributed by atoms with E-state index in [2.05, 4.69) is 20.2 Å². The van der Waals surface area contributed by atoms with E-state index in [9.17, 15) is 14.0 Å². The average molecular weight is 471 g/mol. The molecule has 3 N–H and O–H groups in total. The zero-order valence-corrected chi connectivity index (χ0v) is 19.1. The van der Waals surface area contributed by atoms with Crippen molar-refractivity contribution >= 4 is 23.6 Å². The summed E-state index contributed by atoms with van der Waals surface area (Å²) >= 11 is 0. The molecule has 3 aliphatic rings. The summed E-state index contributed by atoms with van der Waals surface area (Å²) in [6.45, 7) is 2.84. The predicted octanol–water partition coefficient (Wildman–Crippen LogP) is 1.40. The maximum atomic E-state index is 14.2. The number of pyridine rings is 2.